The predicted octanol–water partition coefficient (Wildman–Crippen LogP) is 3.55. The number of ether oxygens (including phenoxy) is 1. The molecule has 1 heterocycles. The molecule has 0 unspecified atom stereocenters. The third-order valence-electron chi connectivity index (χ3n) is 3.02. The summed E-state index contributed by atoms with van der Waals surface area (Å²) in [6, 6.07) is 13.6. The number of hydrogen-bond acceptors (Lipinski definition) is 4. The number of nitrogens with zero attached hydrogens (tertiary/aromatic N) is 1. The second kappa shape index (κ2) is 4.65. The maximum Gasteiger partial charge on any atom is 0.227 e. The van der Waals surface area contributed by atoms with Gasteiger partial charge >= 0.3 is 0 Å². The highest BCUT2D eigenvalue weighted by Crippen LogP contribution is 2.30. The minimum absolute atomic E-state index is 0.599. The quantitative estimate of drug-likeness (QED) is 0.776. The number of fused-ring (bicyclic) bond motifs is 1. The van der Waals surface area contributed by atoms with Gasteiger partial charge in [-0.15, -0.1) is 0 Å². The van der Waals surface area contributed by atoms with E-state index in [1.807, 2.05) is 49.5 Å². The lowest BCUT2D eigenvalue weighted by Crippen LogP contribution is -1.87. The molecule has 19 heavy (non-hydrogen) atoms. The topological polar surface area (TPSA) is 47.3 Å². The van der Waals surface area contributed by atoms with E-state index in [0.29, 0.717) is 5.89 Å². The summed E-state index contributed by atoms with van der Waals surface area (Å²) in [6.45, 7) is 0. The largest absolute Gasteiger partial charge is 0.494 e. The molecule has 0 saturated carbocycles. The molecule has 0 amide bonds. The van der Waals surface area contributed by atoms with Crippen molar-refractivity contribution in [2.24, 2.45) is 0 Å². The van der Waals surface area contributed by atoms with E-state index < -0.39 is 0 Å². The molecule has 0 aliphatic carbocycles. The van der Waals surface area contributed by atoms with Crippen molar-refractivity contribution < 1.29 is 9.15 Å². The van der Waals surface area contributed by atoms with Crippen LogP contribution in [-0.2, 0) is 0 Å². The molecule has 0 bridgehead atoms. The molecule has 2 aromatic carbocycles. The van der Waals surface area contributed by atoms with E-state index >= 15 is 0 Å². The van der Waals surface area contributed by atoms with Crippen LogP contribution in [-0.4, -0.2) is 19.1 Å². The monoisotopic (exact) mass is 254 g/mol. The zero-order valence-corrected chi connectivity index (χ0v) is 10.8. The van der Waals surface area contributed by atoms with Gasteiger partial charge in [0.05, 0.1) is 7.11 Å². The molecule has 0 aliphatic rings. The average Bonchev–Trinajstić information content (AvgIpc) is 2.91. The molecule has 3 rings (SSSR count). The Morgan fingerprint density at radius 2 is 1.89 bits per heavy atom. The smallest absolute Gasteiger partial charge is 0.227 e. The molecule has 1 aromatic heterocycles. The Hall–Kier alpha value is -2.49. The normalized spacial score (nSPS) is 10.6. The van der Waals surface area contributed by atoms with E-state index in [-0.39, 0.29) is 0 Å². The van der Waals surface area contributed by atoms with E-state index in [9.17, 15) is 0 Å². The summed E-state index contributed by atoms with van der Waals surface area (Å²) in [5.41, 5.74) is 3.47. The molecular weight excluding hydrogens is 240 g/mol. The molecule has 4 nitrogen and oxygen atoms in total. The zero-order valence-electron chi connectivity index (χ0n) is 10.8. The fourth-order valence-electron chi connectivity index (χ4n) is 1.99. The lowest BCUT2D eigenvalue weighted by molar-refractivity contribution is 0.419. The highest BCUT2D eigenvalue weighted by atomic mass is 16.5. The first-order valence-electron chi connectivity index (χ1n) is 6.03. The van der Waals surface area contributed by atoms with Crippen LogP contribution in [0.15, 0.2) is 46.9 Å². The van der Waals surface area contributed by atoms with E-state index in [4.69, 9.17) is 9.15 Å². The molecule has 3 aromatic rings. The van der Waals surface area contributed by atoms with Crippen molar-refractivity contribution in [1.29, 1.82) is 0 Å². The van der Waals surface area contributed by atoms with Crippen LogP contribution in [0.3, 0.4) is 0 Å². The van der Waals surface area contributed by atoms with Crippen LogP contribution in [0.1, 0.15) is 0 Å². The summed E-state index contributed by atoms with van der Waals surface area (Å²) in [5.74, 6) is 1.32. The number of para-hydroxylation sites is 1. The lowest BCUT2D eigenvalue weighted by atomic mass is 10.2. The maximum absolute atomic E-state index is 5.76. The highest BCUT2D eigenvalue weighted by molar-refractivity contribution is 5.82. The van der Waals surface area contributed by atoms with Crippen LogP contribution < -0.4 is 10.1 Å². The Labute approximate surface area is 111 Å². The van der Waals surface area contributed by atoms with Crippen LogP contribution in [0.5, 0.6) is 5.75 Å². The van der Waals surface area contributed by atoms with Crippen LogP contribution >= 0.6 is 0 Å². The number of oxazole rings is 1. The van der Waals surface area contributed by atoms with Gasteiger partial charge in [0.2, 0.25) is 5.89 Å². The van der Waals surface area contributed by atoms with Gasteiger partial charge in [-0.2, -0.15) is 0 Å². The molecule has 0 spiro atoms. The van der Waals surface area contributed by atoms with Crippen molar-refractivity contribution >= 4 is 16.8 Å². The van der Waals surface area contributed by atoms with E-state index in [0.717, 1.165) is 28.1 Å². The van der Waals surface area contributed by atoms with Gasteiger partial charge in [0.15, 0.2) is 11.1 Å². The molecule has 1 N–H and O–H groups in total. The molecule has 0 saturated heterocycles. The van der Waals surface area contributed by atoms with Crippen molar-refractivity contribution in [3.8, 4) is 17.2 Å². The minimum atomic E-state index is 0.599. The molecule has 4 heteroatoms. The van der Waals surface area contributed by atoms with E-state index in [1.54, 1.807) is 7.11 Å². The van der Waals surface area contributed by atoms with Crippen molar-refractivity contribution in [3.05, 3.63) is 42.5 Å². The second-order valence-electron chi connectivity index (χ2n) is 4.15. The Morgan fingerprint density at radius 1 is 1.11 bits per heavy atom. The molecule has 0 fully saturated rings. The Morgan fingerprint density at radius 3 is 2.58 bits per heavy atom. The van der Waals surface area contributed by atoms with Gasteiger partial charge in [0, 0.05) is 18.3 Å². The number of aromatic nitrogens is 1. The van der Waals surface area contributed by atoms with Gasteiger partial charge in [-0.25, -0.2) is 4.98 Å². The van der Waals surface area contributed by atoms with Gasteiger partial charge in [-0.3, -0.25) is 0 Å². The van der Waals surface area contributed by atoms with Crippen LogP contribution in [0.25, 0.3) is 22.6 Å². The van der Waals surface area contributed by atoms with Gasteiger partial charge in [-0.1, -0.05) is 6.07 Å². The number of rotatable bonds is 3. The standard InChI is InChI=1S/C15H14N2O2/c1-16-11-8-6-10(7-9-11)15-17-14-12(18-2)4-3-5-13(14)19-15/h3-9,16H,1-2H3. The third kappa shape index (κ3) is 2.01. The lowest BCUT2D eigenvalue weighted by Gasteiger charge is -1.99. The summed E-state index contributed by atoms with van der Waals surface area (Å²) in [7, 11) is 3.52. The fraction of sp³-hybridized carbons (Fsp3) is 0.133. The summed E-state index contributed by atoms with van der Waals surface area (Å²) < 4.78 is 11.0. The maximum atomic E-state index is 5.76. The Kier molecular flexibility index (Phi) is 2.83. The van der Waals surface area contributed by atoms with Crippen LogP contribution in [0.4, 0.5) is 5.69 Å². The molecular formula is C15H14N2O2. The van der Waals surface area contributed by atoms with Gasteiger partial charge in [0.25, 0.3) is 0 Å². The predicted molar refractivity (Wildman–Crippen MR) is 75.5 cm³/mol. The third-order valence-corrected chi connectivity index (χ3v) is 3.02. The van der Waals surface area contributed by atoms with Crippen molar-refractivity contribution in [2.75, 3.05) is 19.5 Å². The summed E-state index contributed by atoms with van der Waals surface area (Å²) in [6.07, 6.45) is 0. The van der Waals surface area contributed by atoms with E-state index in [2.05, 4.69) is 10.3 Å². The molecule has 96 valence electrons. The molecule has 0 atom stereocenters. The van der Waals surface area contributed by atoms with Gasteiger partial charge in [-0.05, 0) is 36.4 Å². The summed E-state index contributed by atoms with van der Waals surface area (Å²) >= 11 is 0. The summed E-state index contributed by atoms with van der Waals surface area (Å²) in [5, 5.41) is 3.08. The zero-order chi connectivity index (χ0) is 13.2. The first-order valence-corrected chi connectivity index (χ1v) is 6.03. The number of methoxy groups -OCH3 is 1. The number of nitrogens with one attached hydrogen (secondary N) is 1. The average molecular weight is 254 g/mol. The first-order chi connectivity index (χ1) is 9.31. The number of hydrogen-bond donors (Lipinski definition) is 1. The van der Waals surface area contributed by atoms with Crippen LogP contribution in [0.2, 0.25) is 0 Å². The van der Waals surface area contributed by atoms with Crippen LogP contribution in [0, 0.1) is 0 Å². The SMILES string of the molecule is CNc1ccc(-c2nc3c(OC)cccc3o2)cc1. The molecule has 0 radical (unpaired) electrons. The first kappa shape index (κ1) is 11.6. The Bertz CT molecular complexity index is 702. The molecule has 0 aliphatic heterocycles. The number of benzene rings is 2. The number of anilines is 1. The Balaban J connectivity index is 2.09. The van der Waals surface area contributed by atoms with Gasteiger partial charge in [0.1, 0.15) is 5.75 Å². The van der Waals surface area contributed by atoms with Gasteiger partial charge < -0.3 is 14.5 Å². The van der Waals surface area contributed by atoms with Crippen molar-refractivity contribution in [2.45, 2.75) is 0 Å². The summed E-state index contributed by atoms with van der Waals surface area (Å²) in [4.78, 5) is 4.50. The van der Waals surface area contributed by atoms with Crippen molar-refractivity contribution in [1.82, 2.24) is 4.98 Å². The minimum Gasteiger partial charge on any atom is -0.494 e. The van der Waals surface area contributed by atoms with Crippen molar-refractivity contribution in [3.63, 3.8) is 0 Å². The fourth-order valence-corrected chi connectivity index (χ4v) is 1.99. The highest BCUT2D eigenvalue weighted by Gasteiger charge is 2.11. The second-order valence-corrected chi connectivity index (χ2v) is 4.15. The van der Waals surface area contributed by atoms with E-state index in [1.165, 1.54) is 0 Å².